The fourth-order valence-corrected chi connectivity index (χ4v) is 3.85. The van der Waals surface area contributed by atoms with Crippen LogP contribution < -0.4 is 15.5 Å². The third-order valence-corrected chi connectivity index (χ3v) is 5.47. The van der Waals surface area contributed by atoms with Crippen LogP contribution in [0.1, 0.15) is 12.6 Å². The van der Waals surface area contributed by atoms with Crippen LogP contribution >= 0.6 is 0 Å². The Balaban J connectivity index is 1.76. The van der Waals surface area contributed by atoms with Crippen molar-refractivity contribution in [3.63, 3.8) is 0 Å². The summed E-state index contributed by atoms with van der Waals surface area (Å²) < 4.78 is 34.3. The van der Waals surface area contributed by atoms with E-state index in [2.05, 4.69) is 25.5 Å². The van der Waals surface area contributed by atoms with Crippen LogP contribution in [0.3, 0.4) is 0 Å². The molecular formula is C21H29N5O5S. The van der Waals surface area contributed by atoms with Gasteiger partial charge in [-0.15, -0.1) is 0 Å². The number of sulfone groups is 1. The number of nitrogens with zero attached hydrogens (tertiary/aromatic N) is 3. The Labute approximate surface area is 188 Å². The van der Waals surface area contributed by atoms with Crippen molar-refractivity contribution in [2.45, 2.75) is 12.7 Å². The monoisotopic (exact) mass is 463 g/mol. The van der Waals surface area contributed by atoms with Gasteiger partial charge >= 0.3 is 6.03 Å². The van der Waals surface area contributed by atoms with E-state index < -0.39 is 9.84 Å². The van der Waals surface area contributed by atoms with Gasteiger partial charge in [-0.3, -0.25) is 0 Å². The van der Waals surface area contributed by atoms with E-state index in [0.29, 0.717) is 69.1 Å². The minimum atomic E-state index is -3.25. The lowest BCUT2D eigenvalue weighted by molar-refractivity contribution is 0.122. The molecule has 0 aliphatic carbocycles. The molecular weight excluding hydrogens is 434 g/mol. The molecule has 0 unspecified atom stereocenters. The summed E-state index contributed by atoms with van der Waals surface area (Å²) in [5.74, 6) is 0.940. The van der Waals surface area contributed by atoms with E-state index in [-0.39, 0.29) is 11.8 Å². The van der Waals surface area contributed by atoms with Crippen molar-refractivity contribution in [3.8, 4) is 11.4 Å². The Bertz CT molecular complexity index is 1010. The van der Waals surface area contributed by atoms with Gasteiger partial charge in [-0.2, -0.15) is 0 Å². The van der Waals surface area contributed by atoms with Gasteiger partial charge in [0.05, 0.1) is 31.3 Å². The first-order chi connectivity index (χ1) is 15.3. The number of amides is 2. The van der Waals surface area contributed by atoms with Gasteiger partial charge in [0.1, 0.15) is 5.82 Å². The number of rotatable bonds is 9. The lowest BCUT2D eigenvalue weighted by Crippen LogP contribution is -2.37. The topological polar surface area (TPSA) is 123 Å². The Morgan fingerprint density at radius 1 is 1.19 bits per heavy atom. The first kappa shape index (κ1) is 23.9. The van der Waals surface area contributed by atoms with Gasteiger partial charge in [-0.05, 0) is 31.2 Å². The molecule has 0 radical (unpaired) electrons. The van der Waals surface area contributed by atoms with Gasteiger partial charge in [0.15, 0.2) is 15.7 Å². The zero-order valence-corrected chi connectivity index (χ0v) is 19.2. The van der Waals surface area contributed by atoms with E-state index in [1.807, 2.05) is 6.92 Å². The molecule has 2 N–H and O–H groups in total. The van der Waals surface area contributed by atoms with Crippen molar-refractivity contribution in [2.75, 3.05) is 62.5 Å². The summed E-state index contributed by atoms with van der Waals surface area (Å²) in [4.78, 5) is 23.1. The van der Waals surface area contributed by atoms with E-state index in [9.17, 15) is 13.2 Å². The van der Waals surface area contributed by atoms with E-state index in [4.69, 9.17) is 9.47 Å². The zero-order valence-electron chi connectivity index (χ0n) is 18.3. The van der Waals surface area contributed by atoms with Gasteiger partial charge < -0.3 is 25.0 Å². The molecule has 0 atom stereocenters. The third kappa shape index (κ3) is 7.43. The van der Waals surface area contributed by atoms with Crippen molar-refractivity contribution in [3.05, 3.63) is 36.0 Å². The van der Waals surface area contributed by atoms with E-state index in [1.54, 1.807) is 30.3 Å². The summed E-state index contributed by atoms with van der Waals surface area (Å²) in [5, 5.41) is 5.47. The minimum absolute atomic E-state index is 0.165. The Morgan fingerprint density at radius 2 is 1.91 bits per heavy atom. The van der Waals surface area contributed by atoms with Crippen LogP contribution in [0.25, 0.3) is 11.4 Å². The standard InChI is InChI=1S/C21H29N5O5S/c1-3-30-11-8-22-21(27)24-17-6-4-16(5-7-17)20-23-18(15-32(2,28)29)14-19(25-20)26-9-12-31-13-10-26/h4-7,14H,3,8-13,15H2,1-2H3,(H2,22,24,27). The van der Waals surface area contributed by atoms with Crippen LogP contribution in [0.15, 0.2) is 30.3 Å². The summed E-state index contributed by atoms with van der Waals surface area (Å²) >= 11 is 0. The van der Waals surface area contributed by atoms with Gasteiger partial charge in [-0.25, -0.2) is 23.2 Å². The number of aromatic nitrogens is 2. The molecule has 1 aromatic carbocycles. The Morgan fingerprint density at radius 3 is 2.56 bits per heavy atom. The van der Waals surface area contributed by atoms with Gasteiger partial charge in [-0.1, -0.05) is 0 Å². The van der Waals surface area contributed by atoms with Gasteiger partial charge in [0.2, 0.25) is 0 Å². The van der Waals surface area contributed by atoms with E-state index >= 15 is 0 Å². The molecule has 1 saturated heterocycles. The van der Waals surface area contributed by atoms with Crippen molar-refractivity contribution in [1.82, 2.24) is 15.3 Å². The summed E-state index contributed by atoms with van der Waals surface area (Å²) in [6, 6.07) is 8.48. The molecule has 0 bridgehead atoms. The van der Waals surface area contributed by atoms with Crippen LogP contribution in [0.5, 0.6) is 0 Å². The first-order valence-corrected chi connectivity index (χ1v) is 12.5. The molecule has 3 rings (SSSR count). The van der Waals surface area contributed by atoms with Gasteiger partial charge in [0.25, 0.3) is 0 Å². The number of ether oxygens (including phenoxy) is 2. The zero-order chi connectivity index (χ0) is 23.0. The van der Waals surface area contributed by atoms with Crippen molar-refractivity contribution < 1.29 is 22.7 Å². The second-order valence-electron chi connectivity index (χ2n) is 7.37. The van der Waals surface area contributed by atoms with Crippen LogP contribution in [0.2, 0.25) is 0 Å². The first-order valence-electron chi connectivity index (χ1n) is 10.5. The summed E-state index contributed by atoms with van der Waals surface area (Å²) in [6.45, 7) is 5.91. The number of nitrogens with one attached hydrogen (secondary N) is 2. The number of carbonyl (C=O) groups excluding carboxylic acids is 1. The van der Waals surface area contributed by atoms with Gasteiger partial charge in [0, 0.05) is 49.8 Å². The average molecular weight is 464 g/mol. The number of carbonyl (C=O) groups is 1. The number of hydrogen-bond acceptors (Lipinski definition) is 8. The fraction of sp³-hybridized carbons (Fsp3) is 0.476. The number of urea groups is 1. The molecule has 1 aliphatic heterocycles. The predicted molar refractivity (Wildman–Crippen MR) is 123 cm³/mol. The number of anilines is 2. The van der Waals surface area contributed by atoms with Crippen LogP contribution in [0.4, 0.5) is 16.3 Å². The highest BCUT2D eigenvalue weighted by Gasteiger charge is 2.17. The predicted octanol–water partition coefficient (Wildman–Crippen LogP) is 1.68. The maximum atomic E-state index is 12.0. The SMILES string of the molecule is CCOCCNC(=O)Nc1ccc(-c2nc(CS(C)(=O)=O)cc(N3CCOCC3)n2)cc1. The Kier molecular flexibility index (Phi) is 8.37. The lowest BCUT2D eigenvalue weighted by Gasteiger charge is -2.28. The Hall–Kier alpha value is -2.76. The quantitative estimate of drug-likeness (QED) is 0.539. The van der Waals surface area contributed by atoms with Crippen molar-refractivity contribution in [1.29, 1.82) is 0 Å². The molecule has 0 saturated carbocycles. The summed E-state index contributed by atoms with van der Waals surface area (Å²) in [5.41, 5.74) is 1.77. The molecule has 2 aromatic rings. The molecule has 2 heterocycles. The second-order valence-corrected chi connectivity index (χ2v) is 9.51. The minimum Gasteiger partial charge on any atom is -0.380 e. The molecule has 1 aliphatic rings. The summed E-state index contributed by atoms with van der Waals surface area (Å²) in [6.07, 6.45) is 1.18. The highest BCUT2D eigenvalue weighted by Crippen LogP contribution is 2.23. The van der Waals surface area contributed by atoms with Crippen molar-refractivity contribution >= 4 is 27.4 Å². The molecule has 2 amide bonds. The highest BCUT2D eigenvalue weighted by atomic mass is 32.2. The summed E-state index contributed by atoms with van der Waals surface area (Å²) in [7, 11) is -3.25. The van der Waals surface area contributed by atoms with E-state index in [1.165, 1.54) is 6.26 Å². The normalized spacial score (nSPS) is 14.2. The molecule has 0 spiro atoms. The lowest BCUT2D eigenvalue weighted by atomic mass is 10.2. The average Bonchev–Trinajstić information content (AvgIpc) is 2.76. The highest BCUT2D eigenvalue weighted by molar-refractivity contribution is 7.89. The smallest absolute Gasteiger partial charge is 0.319 e. The molecule has 11 heteroatoms. The molecule has 1 aromatic heterocycles. The molecule has 10 nitrogen and oxygen atoms in total. The largest absolute Gasteiger partial charge is 0.380 e. The molecule has 32 heavy (non-hydrogen) atoms. The maximum absolute atomic E-state index is 12.0. The number of benzene rings is 1. The third-order valence-electron chi connectivity index (χ3n) is 4.65. The van der Waals surface area contributed by atoms with E-state index in [0.717, 1.165) is 5.56 Å². The molecule has 1 fully saturated rings. The second kappa shape index (κ2) is 11.2. The number of morpholine rings is 1. The van der Waals surface area contributed by atoms with Crippen LogP contribution in [-0.4, -0.2) is 76.7 Å². The van der Waals surface area contributed by atoms with Crippen molar-refractivity contribution in [2.24, 2.45) is 0 Å². The maximum Gasteiger partial charge on any atom is 0.319 e. The number of hydrogen-bond donors (Lipinski definition) is 2. The fourth-order valence-electron chi connectivity index (χ4n) is 3.17. The van der Waals surface area contributed by atoms with Crippen LogP contribution in [-0.2, 0) is 25.1 Å². The van der Waals surface area contributed by atoms with Crippen LogP contribution in [0, 0.1) is 0 Å². The molecule has 174 valence electrons.